The van der Waals surface area contributed by atoms with E-state index in [0.717, 1.165) is 49.8 Å². The third-order valence-electron chi connectivity index (χ3n) is 5.54. The maximum absolute atomic E-state index is 4.58. The van der Waals surface area contributed by atoms with E-state index in [-0.39, 0.29) is 0 Å². The van der Waals surface area contributed by atoms with E-state index in [4.69, 9.17) is 0 Å². The average molecular weight is 388 g/mol. The highest BCUT2D eigenvalue weighted by atomic mass is 15.2. The quantitative estimate of drug-likeness (QED) is 0.615. The second-order valence-electron chi connectivity index (χ2n) is 7.75. The molecule has 1 saturated heterocycles. The van der Waals surface area contributed by atoms with Crippen LogP contribution in [0.5, 0.6) is 0 Å². The van der Waals surface area contributed by atoms with Crippen molar-refractivity contribution in [3.8, 4) is 0 Å². The standard InChI is InChI=1S/C24H29N5/c1-5-13-25-21(9-1)17-28-16-8-4-12-24(20-28)29(18-22-10-2-6-14-26-22)19-23-11-3-7-15-27-23/h1-3,5-7,9-11,13-15,24H,4,8,12,16-20H2/t24-/m0/s1. The lowest BCUT2D eigenvalue weighted by Gasteiger charge is -2.33. The molecule has 150 valence electrons. The summed E-state index contributed by atoms with van der Waals surface area (Å²) in [5.74, 6) is 0. The van der Waals surface area contributed by atoms with Gasteiger partial charge in [-0.2, -0.15) is 0 Å². The van der Waals surface area contributed by atoms with Crippen LogP contribution in [0.25, 0.3) is 0 Å². The topological polar surface area (TPSA) is 45.2 Å². The van der Waals surface area contributed by atoms with Gasteiger partial charge in [0.25, 0.3) is 0 Å². The van der Waals surface area contributed by atoms with E-state index in [1.807, 2.05) is 36.8 Å². The summed E-state index contributed by atoms with van der Waals surface area (Å²) < 4.78 is 0. The Morgan fingerprint density at radius 3 is 1.90 bits per heavy atom. The highest BCUT2D eigenvalue weighted by Crippen LogP contribution is 2.21. The number of pyridine rings is 3. The van der Waals surface area contributed by atoms with Crippen molar-refractivity contribution in [2.75, 3.05) is 13.1 Å². The lowest BCUT2D eigenvalue weighted by molar-refractivity contribution is 0.125. The lowest BCUT2D eigenvalue weighted by Crippen LogP contribution is -2.42. The summed E-state index contributed by atoms with van der Waals surface area (Å²) in [4.78, 5) is 18.8. The molecule has 0 N–H and O–H groups in total. The van der Waals surface area contributed by atoms with E-state index in [0.29, 0.717) is 6.04 Å². The SMILES string of the molecule is c1ccc(CN2CCCC[C@H](N(Cc3ccccn3)Cc3ccccn3)C2)nc1. The summed E-state index contributed by atoms with van der Waals surface area (Å²) in [5, 5.41) is 0. The van der Waals surface area contributed by atoms with Crippen molar-refractivity contribution in [1.29, 1.82) is 0 Å². The zero-order valence-electron chi connectivity index (χ0n) is 16.9. The van der Waals surface area contributed by atoms with Crippen molar-refractivity contribution >= 4 is 0 Å². The van der Waals surface area contributed by atoms with Crippen molar-refractivity contribution in [2.45, 2.75) is 44.9 Å². The Morgan fingerprint density at radius 1 is 0.759 bits per heavy atom. The first-order chi connectivity index (χ1) is 14.4. The number of likely N-dealkylation sites (tertiary alicyclic amines) is 1. The van der Waals surface area contributed by atoms with E-state index >= 15 is 0 Å². The van der Waals surface area contributed by atoms with Gasteiger partial charge in [0.1, 0.15) is 0 Å². The van der Waals surface area contributed by atoms with E-state index in [1.165, 1.54) is 19.3 Å². The molecule has 0 amide bonds. The van der Waals surface area contributed by atoms with Crippen LogP contribution >= 0.6 is 0 Å². The molecule has 0 aromatic carbocycles. The Kier molecular flexibility index (Phi) is 6.94. The van der Waals surface area contributed by atoms with E-state index in [2.05, 4.69) is 61.1 Å². The molecule has 1 fully saturated rings. The first-order valence-electron chi connectivity index (χ1n) is 10.5. The number of nitrogens with zero attached hydrogens (tertiary/aromatic N) is 5. The molecule has 0 spiro atoms. The van der Waals surface area contributed by atoms with Crippen LogP contribution in [-0.2, 0) is 19.6 Å². The molecule has 5 heteroatoms. The van der Waals surface area contributed by atoms with Crippen LogP contribution in [0, 0.1) is 0 Å². The molecule has 0 radical (unpaired) electrons. The summed E-state index contributed by atoms with van der Waals surface area (Å²) in [7, 11) is 0. The molecule has 4 heterocycles. The fraction of sp³-hybridized carbons (Fsp3) is 0.375. The highest BCUT2D eigenvalue weighted by molar-refractivity contribution is 5.07. The summed E-state index contributed by atoms with van der Waals surface area (Å²) in [5.41, 5.74) is 3.38. The number of aromatic nitrogens is 3. The zero-order chi connectivity index (χ0) is 19.7. The van der Waals surface area contributed by atoms with Gasteiger partial charge in [-0.05, 0) is 55.8 Å². The molecule has 1 atom stereocenters. The van der Waals surface area contributed by atoms with Crippen LogP contribution in [0.4, 0.5) is 0 Å². The van der Waals surface area contributed by atoms with Gasteiger partial charge in [0.05, 0.1) is 17.1 Å². The van der Waals surface area contributed by atoms with E-state index in [1.54, 1.807) is 0 Å². The van der Waals surface area contributed by atoms with Crippen LogP contribution in [-0.4, -0.2) is 43.9 Å². The minimum Gasteiger partial charge on any atom is -0.296 e. The Morgan fingerprint density at radius 2 is 1.34 bits per heavy atom. The molecule has 0 saturated carbocycles. The third kappa shape index (κ3) is 5.92. The van der Waals surface area contributed by atoms with Gasteiger partial charge in [0, 0.05) is 50.8 Å². The van der Waals surface area contributed by atoms with Gasteiger partial charge in [-0.1, -0.05) is 24.6 Å². The molecule has 1 aliphatic heterocycles. The van der Waals surface area contributed by atoms with Gasteiger partial charge >= 0.3 is 0 Å². The smallest absolute Gasteiger partial charge is 0.0544 e. The van der Waals surface area contributed by atoms with Gasteiger partial charge in [-0.15, -0.1) is 0 Å². The number of rotatable bonds is 7. The average Bonchev–Trinajstić information content (AvgIpc) is 3.01. The van der Waals surface area contributed by atoms with Crippen LogP contribution in [0.1, 0.15) is 36.3 Å². The number of hydrogen-bond acceptors (Lipinski definition) is 5. The predicted octanol–water partition coefficient (Wildman–Crippen LogP) is 3.93. The summed E-state index contributed by atoms with van der Waals surface area (Å²) >= 11 is 0. The second kappa shape index (κ2) is 10.2. The molecular weight excluding hydrogens is 358 g/mol. The van der Waals surface area contributed by atoms with Gasteiger partial charge in [-0.25, -0.2) is 0 Å². The maximum atomic E-state index is 4.58. The molecule has 0 unspecified atom stereocenters. The number of hydrogen-bond donors (Lipinski definition) is 0. The monoisotopic (exact) mass is 387 g/mol. The Bertz CT molecular complexity index is 799. The van der Waals surface area contributed by atoms with Gasteiger partial charge in [-0.3, -0.25) is 24.8 Å². The van der Waals surface area contributed by atoms with Gasteiger partial charge in [0.15, 0.2) is 0 Å². The van der Waals surface area contributed by atoms with Crippen LogP contribution in [0.15, 0.2) is 73.2 Å². The van der Waals surface area contributed by atoms with Crippen molar-refractivity contribution < 1.29 is 0 Å². The van der Waals surface area contributed by atoms with Crippen molar-refractivity contribution in [2.24, 2.45) is 0 Å². The molecular formula is C24H29N5. The largest absolute Gasteiger partial charge is 0.296 e. The molecule has 1 aliphatic rings. The molecule has 3 aromatic rings. The van der Waals surface area contributed by atoms with Crippen molar-refractivity contribution in [3.05, 3.63) is 90.3 Å². The fourth-order valence-electron chi connectivity index (χ4n) is 4.07. The normalized spacial score (nSPS) is 17.9. The van der Waals surface area contributed by atoms with Crippen molar-refractivity contribution in [3.63, 3.8) is 0 Å². The Labute approximate surface area is 173 Å². The van der Waals surface area contributed by atoms with Gasteiger partial charge in [0.2, 0.25) is 0 Å². The first kappa shape index (κ1) is 19.7. The summed E-state index contributed by atoms with van der Waals surface area (Å²) in [6, 6.07) is 19.0. The molecule has 5 nitrogen and oxygen atoms in total. The Balaban J connectivity index is 1.51. The molecule has 0 aliphatic carbocycles. The first-order valence-corrected chi connectivity index (χ1v) is 10.5. The summed E-state index contributed by atoms with van der Waals surface area (Å²) in [6.07, 6.45) is 9.36. The molecule has 4 rings (SSSR count). The second-order valence-corrected chi connectivity index (χ2v) is 7.75. The molecule has 0 bridgehead atoms. The Hall–Kier alpha value is -2.63. The lowest BCUT2D eigenvalue weighted by atomic mass is 10.1. The zero-order valence-corrected chi connectivity index (χ0v) is 16.9. The maximum Gasteiger partial charge on any atom is 0.0544 e. The van der Waals surface area contributed by atoms with Crippen LogP contribution < -0.4 is 0 Å². The van der Waals surface area contributed by atoms with Gasteiger partial charge < -0.3 is 0 Å². The van der Waals surface area contributed by atoms with E-state index in [9.17, 15) is 0 Å². The molecule has 29 heavy (non-hydrogen) atoms. The third-order valence-corrected chi connectivity index (χ3v) is 5.54. The highest BCUT2D eigenvalue weighted by Gasteiger charge is 2.25. The molecule has 3 aromatic heterocycles. The fourth-order valence-corrected chi connectivity index (χ4v) is 4.07. The van der Waals surface area contributed by atoms with Crippen molar-refractivity contribution in [1.82, 2.24) is 24.8 Å². The van der Waals surface area contributed by atoms with E-state index < -0.39 is 0 Å². The van der Waals surface area contributed by atoms with Crippen LogP contribution in [0.3, 0.4) is 0 Å². The minimum absolute atomic E-state index is 0.477. The summed E-state index contributed by atoms with van der Waals surface area (Å²) in [6.45, 7) is 4.79. The minimum atomic E-state index is 0.477. The van der Waals surface area contributed by atoms with Crippen LogP contribution in [0.2, 0.25) is 0 Å². The predicted molar refractivity (Wildman–Crippen MR) is 115 cm³/mol.